The van der Waals surface area contributed by atoms with E-state index in [0.717, 1.165) is 56.5 Å². The molecule has 1 saturated heterocycles. The van der Waals surface area contributed by atoms with Crippen molar-refractivity contribution in [3.05, 3.63) is 70.3 Å². The van der Waals surface area contributed by atoms with Gasteiger partial charge in [0, 0.05) is 48.6 Å². The van der Waals surface area contributed by atoms with Crippen LogP contribution in [0.15, 0.2) is 42.0 Å². The minimum atomic E-state index is -0.907. The Bertz CT molecular complexity index is 936. The van der Waals surface area contributed by atoms with E-state index >= 15 is 0 Å². The van der Waals surface area contributed by atoms with E-state index in [1.165, 1.54) is 18.2 Å². The molecule has 2 aliphatic rings. The number of benzene rings is 2. The van der Waals surface area contributed by atoms with Gasteiger partial charge in [-0.1, -0.05) is 19.1 Å². The summed E-state index contributed by atoms with van der Waals surface area (Å²) in [7, 11) is 0. The van der Waals surface area contributed by atoms with Crippen LogP contribution in [0, 0.1) is 11.6 Å². The Balaban J connectivity index is 0.00000240. The normalized spacial score (nSPS) is 18.5. The molecule has 0 N–H and O–H groups in total. The van der Waals surface area contributed by atoms with E-state index in [2.05, 4.69) is 22.8 Å². The maximum Gasteiger partial charge on any atom is 0.189 e. The molecule has 3 nitrogen and oxygen atoms in total. The van der Waals surface area contributed by atoms with Gasteiger partial charge >= 0.3 is 0 Å². The average Bonchev–Trinajstić information content (AvgIpc) is 2.73. The van der Waals surface area contributed by atoms with Crippen LogP contribution >= 0.6 is 12.4 Å². The summed E-state index contributed by atoms with van der Waals surface area (Å²) in [6.07, 6.45) is 2.75. The van der Waals surface area contributed by atoms with Crippen molar-refractivity contribution in [2.45, 2.75) is 19.8 Å². The molecular formula is C23H25ClF2N2O. The Kier molecular flexibility index (Phi) is 6.70. The largest absolute Gasteiger partial charge is 0.369 e. The Morgan fingerprint density at radius 3 is 2.52 bits per heavy atom. The van der Waals surface area contributed by atoms with E-state index in [4.69, 9.17) is 0 Å². The molecule has 0 atom stereocenters. The summed E-state index contributed by atoms with van der Waals surface area (Å²) in [5, 5.41) is 0. The molecule has 0 amide bonds. The van der Waals surface area contributed by atoms with Gasteiger partial charge in [-0.15, -0.1) is 12.4 Å². The first-order valence-electron chi connectivity index (χ1n) is 9.86. The molecular weight excluding hydrogens is 394 g/mol. The molecule has 1 aliphatic carbocycles. The zero-order chi connectivity index (χ0) is 19.7. The van der Waals surface area contributed by atoms with Gasteiger partial charge in [-0.3, -0.25) is 4.79 Å². The molecule has 4 rings (SSSR count). The number of carbonyl (C=O) groups excluding carboxylic acids is 1. The van der Waals surface area contributed by atoms with Crippen LogP contribution in [0.25, 0.3) is 6.08 Å². The Hall–Kier alpha value is -2.24. The third-order valence-corrected chi connectivity index (χ3v) is 5.78. The Morgan fingerprint density at radius 2 is 1.79 bits per heavy atom. The number of carbonyl (C=O) groups is 1. The molecule has 2 aromatic carbocycles. The van der Waals surface area contributed by atoms with E-state index in [1.54, 1.807) is 0 Å². The number of Topliss-reactive ketones (excluding diaryl/α,β-unsaturated/α-hetero) is 1. The summed E-state index contributed by atoms with van der Waals surface area (Å²) in [5.41, 5.74) is 3.52. The van der Waals surface area contributed by atoms with Gasteiger partial charge in [0.05, 0.1) is 0 Å². The molecule has 1 aliphatic heterocycles. The van der Waals surface area contributed by atoms with Crippen LogP contribution in [0.3, 0.4) is 0 Å². The number of piperazine rings is 1. The van der Waals surface area contributed by atoms with Crippen LogP contribution in [-0.4, -0.2) is 43.4 Å². The number of anilines is 1. The minimum Gasteiger partial charge on any atom is -0.369 e. The van der Waals surface area contributed by atoms with Crippen LogP contribution in [0.2, 0.25) is 0 Å². The van der Waals surface area contributed by atoms with E-state index < -0.39 is 11.6 Å². The monoisotopic (exact) mass is 418 g/mol. The number of hydrogen-bond acceptors (Lipinski definition) is 3. The minimum absolute atomic E-state index is 0. The number of nitrogens with zero attached hydrogens (tertiary/aromatic N) is 2. The zero-order valence-electron chi connectivity index (χ0n) is 16.5. The van der Waals surface area contributed by atoms with Gasteiger partial charge in [0.15, 0.2) is 17.4 Å². The fraction of sp³-hybridized carbons (Fsp3) is 0.348. The van der Waals surface area contributed by atoms with Crippen LogP contribution < -0.4 is 4.90 Å². The molecule has 2 aromatic rings. The van der Waals surface area contributed by atoms with E-state index in [9.17, 15) is 13.6 Å². The summed E-state index contributed by atoms with van der Waals surface area (Å²) in [4.78, 5) is 17.7. The van der Waals surface area contributed by atoms with Crippen LogP contribution in [0.5, 0.6) is 0 Å². The lowest BCUT2D eigenvalue weighted by molar-refractivity contribution is 0.102. The molecule has 1 fully saturated rings. The van der Waals surface area contributed by atoms with Gasteiger partial charge in [-0.2, -0.15) is 0 Å². The maximum absolute atomic E-state index is 14.0. The Labute approximate surface area is 176 Å². The lowest BCUT2D eigenvalue weighted by atomic mass is 9.85. The third-order valence-electron chi connectivity index (χ3n) is 5.78. The highest BCUT2D eigenvalue weighted by atomic mass is 35.5. The van der Waals surface area contributed by atoms with Gasteiger partial charge in [0.1, 0.15) is 0 Å². The van der Waals surface area contributed by atoms with Crippen LogP contribution in [-0.2, 0) is 6.42 Å². The summed E-state index contributed by atoms with van der Waals surface area (Å²) in [6, 6.07) is 10.0. The van der Waals surface area contributed by atoms with Crippen molar-refractivity contribution in [1.82, 2.24) is 4.90 Å². The second-order valence-electron chi connectivity index (χ2n) is 7.40. The SMILES string of the molecule is CCN1CCN(c2ccc3c(c2)CC/C(=C\c2cccc(F)c2F)C3=O)CC1.Cl. The third kappa shape index (κ3) is 4.36. The molecule has 29 heavy (non-hydrogen) atoms. The zero-order valence-corrected chi connectivity index (χ0v) is 17.3. The number of likely N-dealkylation sites (N-methyl/N-ethyl adjacent to an activating group) is 1. The predicted octanol–water partition coefficient (Wildman–Crippen LogP) is 4.74. The molecule has 0 spiro atoms. The fourth-order valence-corrected chi connectivity index (χ4v) is 4.04. The summed E-state index contributed by atoms with van der Waals surface area (Å²) in [6.45, 7) is 7.35. The van der Waals surface area contributed by atoms with Crippen molar-refractivity contribution in [3.8, 4) is 0 Å². The topological polar surface area (TPSA) is 23.6 Å². The van der Waals surface area contributed by atoms with Crippen molar-refractivity contribution in [2.75, 3.05) is 37.6 Å². The highest BCUT2D eigenvalue weighted by Gasteiger charge is 2.24. The van der Waals surface area contributed by atoms with Gasteiger partial charge in [0.25, 0.3) is 0 Å². The summed E-state index contributed by atoms with van der Waals surface area (Å²) < 4.78 is 27.4. The molecule has 6 heteroatoms. The number of allylic oxidation sites excluding steroid dienone is 1. The van der Waals surface area contributed by atoms with E-state index in [1.807, 2.05) is 12.1 Å². The predicted molar refractivity (Wildman–Crippen MR) is 115 cm³/mol. The first-order chi connectivity index (χ1) is 13.6. The molecule has 0 unspecified atom stereocenters. The number of rotatable bonds is 3. The number of ketones is 1. The van der Waals surface area contributed by atoms with Crippen molar-refractivity contribution < 1.29 is 13.6 Å². The highest BCUT2D eigenvalue weighted by molar-refractivity contribution is 6.13. The second kappa shape index (κ2) is 9.06. The number of aryl methyl sites for hydroxylation is 1. The molecule has 0 radical (unpaired) electrons. The molecule has 1 heterocycles. The van der Waals surface area contributed by atoms with Gasteiger partial charge in [-0.05, 0) is 55.3 Å². The molecule has 0 bridgehead atoms. The van der Waals surface area contributed by atoms with E-state index in [0.29, 0.717) is 17.6 Å². The number of fused-ring (bicyclic) bond motifs is 1. The first kappa shape index (κ1) is 21.5. The lowest BCUT2D eigenvalue weighted by Gasteiger charge is -2.36. The van der Waals surface area contributed by atoms with Crippen molar-refractivity contribution in [3.63, 3.8) is 0 Å². The molecule has 154 valence electrons. The lowest BCUT2D eigenvalue weighted by Crippen LogP contribution is -2.46. The smallest absolute Gasteiger partial charge is 0.189 e. The summed E-state index contributed by atoms with van der Waals surface area (Å²) >= 11 is 0. The molecule has 0 saturated carbocycles. The number of hydrogen-bond donors (Lipinski definition) is 0. The molecule has 0 aromatic heterocycles. The van der Waals surface area contributed by atoms with Gasteiger partial charge in [-0.25, -0.2) is 8.78 Å². The average molecular weight is 419 g/mol. The summed E-state index contributed by atoms with van der Waals surface area (Å²) in [5.74, 6) is -1.90. The Morgan fingerprint density at radius 1 is 1.03 bits per heavy atom. The highest BCUT2D eigenvalue weighted by Crippen LogP contribution is 2.30. The quantitative estimate of drug-likeness (QED) is 0.672. The van der Waals surface area contributed by atoms with Crippen molar-refractivity contribution >= 4 is 30.0 Å². The van der Waals surface area contributed by atoms with Crippen molar-refractivity contribution in [1.29, 1.82) is 0 Å². The van der Waals surface area contributed by atoms with Gasteiger partial charge < -0.3 is 9.80 Å². The van der Waals surface area contributed by atoms with Crippen molar-refractivity contribution in [2.24, 2.45) is 0 Å². The maximum atomic E-state index is 14.0. The van der Waals surface area contributed by atoms with Crippen LogP contribution in [0.4, 0.5) is 14.5 Å². The second-order valence-corrected chi connectivity index (χ2v) is 7.40. The fourth-order valence-electron chi connectivity index (χ4n) is 4.04. The first-order valence-corrected chi connectivity index (χ1v) is 9.86. The van der Waals surface area contributed by atoms with Crippen LogP contribution in [0.1, 0.15) is 34.8 Å². The van der Waals surface area contributed by atoms with E-state index in [-0.39, 0.29) is 23.8 Å². The standard InChI is InChI=1S/C23H24F2N2O.ClH/c1-2-26-10-12-27(13-11-26)19-8-9-20-16(15-19)6-7-18(23(20)28)14-17-4-3-5-21(24)22(17)25;/h3-5,8-9,14-15H,2,6-7,10-13H2,1H3;1H/b18-14+;. The van der Waals surface area contributed by atoms with Gasteiger partial charge in [0.2, 0.25) is 0 Å². The number of halogens is 3.